The molecule has 3 aromatic heterocycles. The van der Waals surface area contributed by atoms with Crippen LogP contribution in [0.2, 0.25) is 0 Å². The summed E-state index contributed by atoms with van der Waals surface area (Å²) in [6.45, 7) is 3.06. The van der Waals surface area contributed by atoms with Gasteiger partial charge in [0, 0.05) is 42.8 Å². The van der Waals surface area contributed by atoms with Crippen molar-refractivity contribution >= 4 is 45.1 Å². The number of esters is 1. The third kappa shape index (κ3) is 7.37. The summed E-state index contributed by atoms with van der Waals surface area (Å²) >= 11 is 1.38. The number of ether oxygens (including phenoxy) is 3. The third-order valence-electron chi connectivity index (χ3n) is 7.32. The Morgan fingerprint density at radius 3 is 2.73 bits per heavy atom. The highest BCUT2D eigenvalue weighted by Crippen LogP contribution is 2.39. The van der Waals surface area contributed by atoms with Crippen molar-refractivity contribution in [3.05, 3.63) is 66.2 Å². The quantitative estimate of drug-likeness (QED) is 0.167. The molecule has 4 aromatic rings. The van der Waals surface area contributed by atoms with Crippen molar-refractivity contribution in [3.8, 4) is 22.1 Å². The molecule has 0 radical (unpaired) electrons. The lowest BCUT2D eigenvalue weighted by atomic mass is 10.2. The smallest absolute Gasteiger partial charge is 0.337 e. The van der Waals surface area contributed by atoms with E-state index in [0.29, 0.717) is 46.1 Å². The number of carbonyl (C=O) groups is 3. The number of hydrogen-bond donors (Lipinski definition) is 2. The molecule has 234 valence electrons. The topological polar surface area (TPSA) is 132 Å². The average Bonchev–Trinajstić information content (AvgIpc) is 3.75. The first-order chi connectivity index (χ1) is 21.9. The van der Waals surface area contributed by atoms with Gasteiger partial charge in [0.25, 0.3) is 5.91 Å². The third-order valence-corrected chi connectivity index (χ3v) is 8.48. The van der Waals surface area contributed by atoms with Crippen LogP contribution in [0.25, 0.3) is 20.8 Å². The summed E-state index contributed by atoms with van der Waals surface area (Å²) < 4.78 is 32.3. The Labute approximate surface area is 262 Å². The van der Waals surface area contributed by atoms with Crippen LogP contribution in [0.3, 0.4) is 0 Å². The van der Waals surface area contributed by atoms with Crippen molar-refractivity contribution in [2.45, 2.75) is 44.8 Å². The van der Waals surface area contributed by atoms with Crippen molar-refractivity contribution in [3.63, 3.8) is 0 Å². The number of carbonyl (C=O) groups excluding carboxylic acids is 3. The van der Waals surface area contributed by atoms with Gasteiger partial charge in [-0.15, -0.1) is 11.3 Å². The molecule has 1 aromatic carbocycles. The predicted octanol–water partition coefficient (Wildman–Crippen LogP) is 5.76. The van der Waals surface area contributed by atoms with Crippen molar-refractivity contribution in [2.24, 2.45) is 0 Å². The van der Waals surface area contributed by atoms with E-state index in [1.165, 1.54) is 29.7 Å². The Kier molecular flexibility index (Phi) is 9.17. The van der Waals surface area contributed by atoms with Crippen LogP contribution in [0.5, 0.6) is 11.5 Å². The zero-order valence-electron chi connectivity index (χ0n) is 24.6. The van der Waals surface area contributed by atoms with Crippen LogP contribution < -0.4 is 15.4 Å². The van der Waals surface area contributed by atoms with Crippen molar-refractivity contribution < 1.29 is 33.0 Å². The van der Waals surface area contributed by atoms with Gasteiger partial charge in [0.2, 0.25) is 0 Å². The molecule has 1 atom stereocenters. The maximum Gasteiger partial charge on any atom is 0.337 e. The minimum absolute atomic E-state index is 0.00571. The molecule has 2 aliphatic rings. The minimum Gasteiger partial charge on any atom is -0.464 e. The summed E-state index contributed by atoms with van der Waals surface area (Å²) in [7, 11) is 0. The minimum atomic E-state index is -0.809. The highest BCUT2D eigenvalue weighted by atomic mass is 32.1. The number of fused-ring (bicyclic) bond motifs is 1. The molecule has 1 saturated carbocycles. The summed E-state index contributed by atoms with van der Waals surface area (Å²) in [6.07, 6.45) is 5.87. The molecule has 6 rings (SSSR count). The van der Waals surface area contributed by atoms with Gasteiger partial charge in [-0.25, -0.2) is 14.0 Å². The number of rotatable bonds is 10. The van der Waals surface area contributed by atoms with Crippen LogP contribution in [0.1, 0.15) is 43.0 Å². The van der Waals surface area contributed by atoms with Gasteiger partial charge in [-0.1, -0.05) is 13.3 Å². The maximum absolute atomic E-state index is 14.9. The average molecular weight is 634 g/mol. The second-order valence-corrected chi connectivity index (χ2v) is 11.9. The number of benzene rings is 1. The first-order valence-electron chi connectivity index (χ1n) is 14.9. The Balaban J connectivity index is 1.12. The summed E-state index contributed by atoms with van der Waals surface area (Å²) in [5.74, 6) is -0.900. The molecule has 2 fully saturated rings. The maximum atomic E-state index is 14.9. The highest BCUT2D eigenvalue weighted by molar-refractivity contribution is 7.22. The second-order valence-electron chi connectivity index (χ2n) is 10.8. The summed E-state index contributed by atoms with van der Waals surface area (Å²) in [5, 5.41) is 5.43. The number of aromatic nitrogens is 2. The zero-order valence-corrected chi connectivity index (χ0v) is 25.4. The molecule has 2 N–H and O–H groups in total. The van der Waals surface area contributed by atoms with E-state index >= 15 is 0 Å². The van der Waals surface area contributed by atoms with Crippen LogP contribution in [0.4, 0.5) is 14.9 Å². The number of anilines is 1. The molecule has 3 amide bonds. The molecular formula is C32H32FN5O6S. The largest absolute Gasteiger partial charge is 0.464 e. The van der Waals surface area contributed by atoms with Gasteiger partial charge >= 0.3 is 12.0 Å². The second kappa shape index (κ2) is 13.6. The Bertz CT molecular complexity index is 1710. The number of halogens is 1. The molecule has 11 nitrogen and oxygen atoms in total. The van der Waals surface area contributed by atoms with Gasteiger partial charge < -0.3 is 29.7 Å². The lowest BCUT2D eigenvalue weighted by Crippen LogP contribution is -2.49. The van der Waals surface area contributed by atoms with E-state index in [2.05, 4.69) is 20.6 Å². The highest BCUT2D eigenvalue weighted by Gasteiger charge is 2.31. The number of nitrogens with one attached hydrogen (secondary N) is 2. The Hall–Kier alpha value is -4.62. The SMILES string of the molecule is CCCCOC(=O)C1CN(C(=O)c2ccc(-c3cc4nccc(Oc5ccc(NC(=O)NC6CC6)cc5F)c4s3)nc2)CCO1. The van der Waals surface area contributed by atoms with Gasteiger partial charge in [0.15, 0.2) is 17.7 Å². The van der Waals surface area contributed by atoms with Crippen molar-refractivity contribution in [1.82, 2.24) is 20.2 Å². The number of pyridine rings is 2. The number of unbranched alkanes of at least 4 members (excludes halogenated alkanes) is 1. The fourth-order valence-electron chi connectivity index (χ4n) is 4.72. The molecule has 0 spiro atoms. The molecule has 4 heterocycles. The number of nitrogens with zero attached hydrogens (tertiary/aromatic N) is 3. The lowest BCUT2D eigenvalue weighted by Gasteiger charge is -2.31. The van der Waals surface area contributed by atoms with E-state index < -0.39 is 17.9 Å². The van der Waals surface area contributed by atoms with Gasteiger partial charge in [0.1, 0.15) is 5.75 Å². The molecule has 45 heavy (non-hydrogen) atoms. The Morgan fingerprint density at radius 2 is 1.98 bits per heavy atom. The van der Waals surface area contributed by atoms with Gasteiger partial charge in [0.05, 0.1) is 46.1 Å². The monoisotopic (exact) mass is 633 g/mol. The first-order valence-corrected chi connectivity index (χ1v) is 15.7. The van der Waals surface area contributed by atoms with E-state index in [9.17, 15) is 18.8 Å². The first kappa shape index (κ1) is 30.4. The van der Waals surface area contributed by atoms with E-state index in [4.69, 9.17) is 14.2 Å². The van der Waals surface area contributed by atoms with Gasteiger partial charge in [-0.05, 0) is 49.6 Å². The van der Waals surface area contributed by atoms with Gasteiger partial charge in [-0.2, -0.15) is 0 Å². The van der Waals surface area contributed by atoms with Crippen molar-refractivity contribution in [1.29, 1.82) is 0 Å². The van der Waals surface area contributed by atoms with E-state index in [1.54, 1.807) is 35.4 Å². The fourth-order valence-corrected chi connectivity index (χ4v) is 5.76. The molecule has 1 aliphatic carbocycles. The van der Waals surface area contributed by atoms with Crippen LogP contribution >= 0.6 is 11.3 Å². The normalized spacial score (nSPS) is 16.3. The standard InChI is InChI=1S/C32H32FN5O6S/c1-2-3-13-43-31(40)27-18-38(12-14-42-27)30(39)19-4-8-23(35-17-19)28-16-24-29(45-28)26(10-11-34-24)44-25-9-7-21(15-22(25)33)37-32(41)36-20-5-6-20/h4,7-11,15-17,20,27H,2-3,5-6,12-14,18H2,1H3,(H2,36,37,41). The van der Waals surface area contributed by atoms with Crippen molar-refractivity contribution in [2.75, 3.05) is 31.6 Å². The molecule has 13 heteroatoms. The molecule has 0 bridgehead atoms. The van der Waals surface area contributed by atoms with E-state index in [0.717, 1.165) is 30.6 Å². The number of thiophene rings is 1. The molecular weight excluding hydrogens is 601 g/mol. The fraction of sp³-hybridized carbons (Fsp3) is 0.344. The van der Waals surface area contributed by atoms with Gasteiger partial charge in [-0.3, -0.25) is 14.8 Å². The summed E-state index contributed by atoms with van der Waals surface area (Å²) in [6, 6.07) is 11.0. The number of hydrogen-bond acceptors (Lipinski definition) is 9. The van der Waals surface area contributed by atoms with E-state index in [-0.39, 0.29) is 36.9 Å². The zero-order chi connectivity index (χ0) is 31.3. The molecule has 1 saturated heterocycles. The van der Waals surface area contributed by atoms with Crippen LogP contribution in [0, 0.1) is 5.82 Å². The van der Waals surface area contributed by atoms with Crippen LogP contribution in [-0.4, -0.2) is 71.2 Å². The predicted molar refractivity (Wildman–Crippen MR) is 166 cm³/mol. The Morgan fingerprint density at radius 1 is 1.11 bits per heavy atom. The molecule has 1 unspecified atom stereocenters. The number of amides is 3. The molecule has 1 aliphatic heterocycles. The summed E-state index contributed by atoms with van der Waals surface area (Å²) in [5.41, 5.74) is 1.99. The van der Waals surface area contributed by atoms with Crippen LogP contribution in [0.15, 0.2) is 54.9 Å². The number of morpholine rings is 1. The number of urea groups is 1. The van der Waals surface area contributed by atoms with Crippen LogP contribution in [-0.2, 0) is 14.3 Å². The lowest BCUT2D eigenvalue weighted by molar-refractivity contribution is -0.161. The van der Waals surface area contributed by atoms with E-state index in [1.807, 2.05) is 13.0 Å². The summed E-state index contributed by atoms with van der Waals surface area (Å²) in [4.78, 5) is 48.8.